The van der Waals surface area contributed by atoms with Gasteiger partial charge in [-0.15, -0.1) is 0 Å². The maximum absolute atomic E-state index is 12.1. The normalized spacial score (nSPS) is 10.0. The molecule has 22 heavy (non-hydrogen) atoms. The Balaban J connectivity index is 2.22. The van der Waals surface area contributed by atoms with Gasteiger partial charge in [-0.3, -0.25) is 9.59 Å². The molecule has 0 fully saturated rings. The Morgan fingerprint density at radius 3 is 2.27 bits per heavy atom. The summed E-state index contributed by atoms with van der Waals surface area (Å²) in [6.07, 6.45) is 0. The van der Waals surface area contributed by atoms with Crippen molar-refractivity contribution in [2.45, 2.75) is 6.92 Å². The van der Waals surface area contributed by atoms with E-state index in [1.165, 1.54) is 24.3 Å². The van der Waals surface area contributed by atoms with E-state index in [2.05, 4.69) is 10.6 Å². The van der Waals surface area contributed by atoms with Gasteiger partial charge in [0.15, 0.2) is 0 Å². The van der Waals surface area contributed by atoms with Gasteiger partial charge < -0.3 is 20.8 Å². The number of hydrogen-bond acceptors (Lipinski definition) is 4. The summed E-state index contributed by atoms with van der Waals surface area (Å²) in [4.78, 5) is 23.9. The van der Waals surface area contributed by atoms with Gasteiger partial charge in [-0.1, -0.05) is 12.1 Å². The number of amides is 2. The molecule has 2 amide bonds. The van der Waals surface area contributed by atoms with Crippen molar-refractivity contribution in [3.05, 3.63) is 53.6 Å². The number of rotatable bonds is 4. The minimum Gasteiger partial charge on any atom is -0.507 e. The topological polar surface area (TPSA) is 98.7 Å². The van der Waals surface area contributed by atoms with Gasteiger partial charge in [-0.05, 0) is 37.3 Å². The lowest BCUT2D eigenvalue weighted by Crippen LogP contribution is -2.22. The van der Waals surface area contributed by atoms with E-state index in [-0.39, 0.29) is 23.0 Å². The van der Waals surface area contributed by atoms with Gasteiger partial charge in [0.1, 0.15) is 17.1 Å². The molecule has 0 radical (unpaired) electrons. The molecular weight excluding hydrogens is 284 g/mol. The standard InChI is InChI=1S/C16H16N2O4/c1-2-17-15(21)10-5-3-6-11(9-10)18-16(22)14-12(19)7-4-8-13(14)20/h3-9,19-20H,2H2,1H3,(H,17,21)(H,18,22). The van der Waals surface area contributed by atoms with E-state index in [4.69, 9.17) is 0 Å². The second-order valence-electron chi connectivity index (χ2n) is 4.57. The van der Waals surface area contributed by atoms with Crippen LogP contribution in [-0.2, 0) is 0 Å². The van der Waals surface area contributed by atoms with Crippen molar-refractivity contribution >= 4 is 17.5 Å². The van der Waals surface area contributed by atoms with Gasteiger partial charge in [-0.25, -0.2) is 0 Å². The first-order valence-electron chi connectivity index (χ1n) is 6.73. The highest BCUT2D eigenvalue weighted by atomic mass is 16.3. The van der Waals surface area contributed by atoms with Gasteiger partial charge in [-0.2, -0.15) is 0 Å². The van der Waals surface area contributed by atoms with Crippen LogP contribution >= 0.6 is 0 Å². The molecule has 0 aliphatic heterocycles. The fourth-order valence-corrected chi connectivity index (χ4v) is 1.96. The molecule has 0 saturated heterocycles. The minimum atomic E-state index is -0.663. The zero-order valence-corrected chi connectivity index (χ0v) is 12.0. The molecular formula is C16H16N2O4. The van der Waals surface area contributed by atoms with Crippen LogP contribution in [0.15, 0.2) is 42.5 Å². The molecule has 114 valence electrons. The van der Waals surface area contributed by atoms with Crippen molar-refractivity contribution in [2.24, 2.45) is 0 Å². The Labute approximate surface area is 127 Å². The fourth-order valence-electron chi connectivity index (χ4n) is 1.96. The Morgan fingerprint density at radius 1 is 1.00 bits per heavy atom. The van der Waals surface area contributed by atoms with Crippen LogP contribution in [-0.4, -0.2) is 28.6 Å². The van der Waals surface area contributed by atoms with Crippen LogP contribution in [0.25, 0.3) is 0 Å². The number of aromatic hydroxyl groups is 2. The molecule has 0 aromatic heterocycles. The van der Waals surface area contributed by atoms with Gasteiger partial charge in [0, 0.05) is 17.8 Å². The summed E-state index contributed by atoms with van der Waals surface area (Å²) >= 11 is 0. The fraction of sp³-hybridized carbons (Fsp3) is 0.125. The zero-order valence-electron chi connectivity index (χ0n) is 12.0. The lowest BCUT2D eigenvalue weighted by molar-refractivity contribution is 0.0954. The Kier molecular flexibility index (Phi) is 4.63. The molecule has 0 bridgehead atoms. The molecule has 6 nitrogen and oxygen atoms in total. The largest absolute Gasteiger partial charge is 0.507 e. The SMILES string of the molecule is CCNC(=O)c1cccc(NC(=O)c2c(O)cccc2O)c1. The number of phenols is 2. The highest BCUT2D eigenvalue weighted by Gasteiger charge is 2.16. The number of anilines is 1. The monoisotopic (exact) mass is 300 g/mol. The van der Waals surface area contributed by atoms with Crippen LogP contribution in [0.1, 0.15) is 27.6 Å². The molecule has 4 N–H and O–H groups in total. The summed E-state index contributed by atoms with van der Waals surface area (Å²) in [5, 5.41) is 24.5. The summed E-state index contributed by atoms with van der Waals surface area (Å²) in [6, 6.07) is 10.4. The molecule has 0 aliphatic rings. The van der Waals surface area contributed by atoms with Gasteiger partial charge in [0.2, 0.25) is 0 Å². The number of benzene rings is 2. The molecule has 2 rings (SSSR count). The average molecular weight is 300 g/mol. The number of nitrogens with one attached hydrogen (secondary N) is 2. The van der Waals surface area contributed by atoms with E-state index in [0.29, 0.717) is 17.8 Å². The molecule has 0 saturated carbocycles. The Bertz CT molecular complexity index is 693. The van der Waals surface area contributed by atoms with Gasteiger partial charge in [0.25, 0.3) is 11.8 Å². The van der Waals surface area contributed by atoms with E-state index in [9.17, 15) is 19.8 Å². The first-order valence-corrected chi connectivity index (χ1v) is 6.73. The summed E-state index contributed by atoms with van der Waals surface area (Å²) in [6.45, 7) is 2.31. The predicted octanol–water partition coefficient (Wildman–Crippen LogP) is 2.10. The summed E-state index contributed by atoms with van der Waals surface area (Å²) in [7, 11) is 0. The van der Waals surface area contributed by atoms with Crippen LogP contribution in [0.5, 0.6) is 11.5 Å². The second-order valence-corrected chi connectivity index (χ2v) is 4.57. The van der Waals surface area contributed by atoms with Crippen LogP contribution in [0.3, 0.4) is 0 Å². The number of phenolic OH excluding ortho intramolecular Hbond substituents is 2. The van der Waals surface area contributed by atoms with Crippen LogP contribution in [0.2, 0.25) is 0 Å². The van der Waals surface area contributed by atoms with E-state index in [0.717, 1.165) is 0 Å². The van der Waals surface area contributed by atoms with Crippen LogP contribution in [0, 0.1) is 0 Å². The molecule has 2 aromatic carbocycles. The molecule has 0 spiro atoms. The molecule has 0 aliphatic carbocycles. The third-order valence-corrected chi connectivity index (χ3v) is 2.97. The smallest absolute Gasteiger partial charge is 0.263 e. The number of carbonyl (C=O) groups excluding carboxylic acids is 2. The van der Waals surface area contributed by atoms with Crippen molar-refractivity contribution in [3.8, 4) is 11.5 Å². The molecule has 0 unspecified atom stereocenters. The van der Waals surface area contributed by atoms with E-state index in [1.54, 1.807) is 18.2 Å². The summed E-state index contributed by atoms with van der Waals surface area (Å²) < 4.78 is 0. The van der Waals surface area contributed by atoms with Crippen LogP contribution in [0.4, 0.5) is 5.69 Å². The summed E-state index contributed by atoms with van der Waals surface area (Å²) in [5.41, 5.74) is 0.573. The average Bonchev–Trinajstić information content (AvgIpc) is 2.47. The quantitative estimate of drug-likeness (QED) is 0.695. The minimum absolute atomic E-state index is 0.217. The Hall–Kier alpha value is -3.02. The van der Waals surface area contributed by atoms with E-state index >= 15 is 0 Å². The Morgan fingerprint density at radius 2 is 1.64 bits per heavy atom. The molecule has 6 heteroatoms. The van der Waals surface area contributed by atoms with E-state index < -0.39 is 5.91 Å². The highest BCUT2D eigenvalue weighted by Crippen LogP contribution is 2.27. The van der Waals surface area contributed by atoms with Gasteiger partial charge in [0.05, 0.1) is 0 Å². The maximum atomic E-state index is 12.1. The van der Waals surface area contributed by atoms with Crippen LogP contribution < -0.4 is 10.6 Å². The molecule has 0 atom stereocenters. The predicted molar refractivity (Wildman–Crippen MR) is 82.2 cm³/mol. The van der Waals surface area contributed by atoms with Crippen molar-refractivity contribution in [1.29, 1.82) is 0 Å². The zero-order chi connectivity index (χ0) is 16.1. The van der Waals surface area contributed by atoms with Gasteiger partial charge >= 0.3 is 0 Å². The molecule has 2 aromatic rings. The summed E-state index contributed by atoms with van der Waals surface area (Å²) in [5.74, 6) is -1.55. The lowest BCUT2D eigenvalue weighted by Gasteiger charge is -2.09. The first kappa shape index (κ1) is 15.4. The molecule has 0 heterocycles. The van der Waals surface area contributed by atoms with Crippen molar-refractivity contribution in [1.82, 2.24) is 5.32 Å². The second kappa shape index (κ2) is 6.62. The van der Waals surface area contributed by atoms with Crippen molar-refractivity contribution < 1.29 is 19.8 Å². The number of carbonyl (C=O) groups is 2. The maximum Gasteiger partial charge on any atom is 0.263 e. The van der Waals surface area contributed by atoms with Crippen molar-refractivity contribution in [2.75, 3.05) is 11.9 Å². The lowest BCUT2D eigenvalue weighted by atomic mass is 10.1. The number of hydrogen-bond donors (Lipinski definition) is 4. The third-order valence-electron chi connectivity index (χ3n) is 2.97. The van der Waals surface area contributed by atoms with Crippen molar-refractivity contribution in [3.63, 3.8) is 0 Å². The third kappa shape index (κ3) is 3.35. The van der Waals surface area contributed by atoms with E-state index in [1.807, 2.05) is 6.92 Å². The highest BCUT2D eigenvalue weighted by molar-refractivity contribution is 6.08. The first-order chi connectivity index (χ1) is 10.5.